The van der Waals surface area contributed by atoms with Gasteiger partial charge in [-0.3, -0.25) is 9.36 Å². The number of aromatic nitrogens is 4. The zero-order valence-electron chi connectivity index (χ0n) is 16.8. The summed E-state index contributed by atoms with van der Waals surface area (Å²) >= 11 is 0. The maximum atomic E-state index is 10.4. The number of anilines is 2. The van der Waals surface area contributed by atoms with Crippen molar-refractivity contribution < 1.29 is 9.53 Å². The molecule has 0 unspecified atom stereocenters. The van der Waals surface area contributed by atoms with Crippen molar-refractivity contribution in [2.75, 3.05) is 30.8 Å². The van der Waals surface area contributed by atoms with Crippen molar-refractivity contribution in [3.8, 4) is 17.1 Å². The van der Waals surface area contributed by atoms with E-state index in [4.69, 9.17) is 20.4 Å². The van der Waals surface area contributed by atoms with Crippen LogP contribution in [0.4, 0.5) is 11.6 Å². The van der Waals surface area contributed by atoms with Gasteiger partial charge in [-0.25, -0.2) is 15.0 Å². The number of benzene rings is 1. The minimum Gasteiger partial charge on any atom is -0.466 e. The summed E-state index contributed by atoms with van der Waals surface area (Å²) in [5.41, 5.74) is 10.4. The van der Waals surface area contributed by atoms with Gasteiger partial charge < -0.3 is 15.4 Å². The first-order valence-electron chi connectivity index (χ1n) is 9.52. The molecule has 0 amide bonds. The maximum Gasteiger partial charge on any atom is 0.293 e. The highest BCUT2D eigenvalue weighted by Crippen LogP contribution is 2.31. The molecule has 4 rings (SSSR count). The predicted molar refractivity (Wildman–Crippen MR) is 117 cm³/mol. The zero-order chi connectivity index (χ0) is 21.1. The number of likely N-dealkylation sites (N-methyl/N-ethyl adjacent to an activating group) is 1. The highest BCUT2D eigenvalue weighted by molar-refractivity contribution is 5.83. The Balaban J connectivity index is 1.89. The lowest BCUT2D eigenvalue weighted by molar-refractivity contribution is -0.128. The fourth-order valence-corrected chi connectivity index (χ4v) is 3.24. The number of ether oxygens (including phenoxy) is 1. The van der Waals surface area contributed by atoms with Crippen LogP contribution in [0.3, 0.4) is 0 Å². The first-order valence-corrected chi connectivity index (χ1v) is 9.52. The summed E-state index contributed by atoms with van der Waals surface area (Å²) in [7, 11) is 1.90. The molecule has 8 nitrogen and oxygen atoms in total. The van der Waals surface area contributed by atoms with Gasteiger partial charge in [0.2, 0.25) is 0 Å². The highest BCUT2D eigenvalue weighted by Gasteiger charge is 2.18. The number of hydrogen-bond donors (Lipinski definition) is 1. The van der Waals surface area contributed by atoms with E-state index in [0.717, 1.165) is 28.1 Å². The van der Waals surface area contributed by atoms with Crippen LogP contribution >= 0.6 is 0 Å². The fraction of sp³-hybridized carbons (Fsp3) is 0.182. The molecule has 0 radical (unpaired) electrons. The molecule has 30 heavy (non-hydrogen) atoms. The van der Waals surface area contributed by atoms with Crippen LogP contribution < -0.4 is 10.6 Å². The Labute approximate surface area is 174 Å². The summed E-state index contributed by atoms with van der Waals surface area (Å²) in [5, 5.41) is 0. The predicted octanol–water partition coefficient (Wildman–Crippen LogP) is 2.98. The van der Waals surface area contributed by atoms with Gasteiger partial charge in [-0.15, -0.1) is 0 Å². The SMILES string of the molecule is Cc1ccc(-n2c(-c3cccnc3N)nc3ccc(N(C)CCOC=O)nc32)cc1. The van der Waals surface area contributed by atoms with Gasteiger partial charge in [-0.2, -0.15) is 0 Å². The molecular formula is C22H22N6O2. The molecular weight excluding hydrogens is 380 g/mol. The maximum absolute atomic E-state index is 10.4. The molecule has 0 saturated carbocycles. The molecule has 4 aromatic rings. The lowest BCUT2D eigenvalue weighted by Crippen LogP contribution is -2.23. The van der Waals surface area contributed by atoms with Crippen molar-refractivity contribution in [1.29, 1.82) is 0 Å². The van der Waals surface area contributed by atoms with Gasteiger partial charge >= 0.3 is 0 Å². The third kappa shape index (κ3) is 3.67. The standard InChI is InChI=1S/C22H22N6O2/c1-15-5-7-16(8-6-15)28-21(17-4-3-11-24-20(17)23)25-18-9-10-19(26-22(18)28)27(2)12-13-30-14-29/h3-11,14H,12-13H2,1-2H3,(H2,23,24). The number of nitrogen functional groups attached to an aromatic ring is 1. The number of fused-ring (bicyclic) bond motifs is 1. The molecule has 0 fully saturated rings. The normalized spacial score (nSPS) is 10.9. The largest absolute Gasteiger partial charge is 0.466 e. The van der Waals surface area contributed by atoms with Gasteiger partial charge in [0, 0.05) is 18.9 Å². The van der Waals surface area contributed by atoms with E-state index in [2.05, 4.69) is 4.98 Å². The van der Waals surface area contributed by atoms with Crippen LogP contribution in [0, 0.1) is 6.92 Å². The van der Waals surface area contributed by atoms with Crippen LogP contribution in [0.25, 0.3) is 28.2 Å². The molecule has 0 aliphatic carbocycles. The number of aryl methyl sites for hydroxylation is 1. The zero-order valence-corrected chi connectivity index (χ0v) is 16.8. The summed E-state index contributed by atoms with van der Waals surface area (Å²) in [6.45, 7) is 3.30. The molecule has 0 bridgehead atoms. The highest BCUT2D eigenvalue weighted by atomic mass is 16.5. The molecule has 0 saturated heterocycles. The molecule has 152 valence electrons. The van der Waals surface area contributed by atoms with Crippen LogP contribution in [0.2, 0.25) is 0 Å². The molecule has 1 aromatic carbocycles. The number of pyridine rings is 2. The van der Waals surface area contributed by atoms with Gasteiger partial charge in [-0.05, 0) is 43.3 Å². The first kappa shape index (κ1) is 19.4. The van der Waals surface area contributed by atoms with Crippen LogP contribution in [-0.2, 0) is 9.53 Å². The Morgan fingerprint density at radius 3 is 2.67 bits per heavy atom. The number of nitrogens with zero attached hydrogens (tertiary/aromatic N) is 5. The molecule has 8 heteroatoms. The monoisotopic (exact) mass is 402 g/mol. The van der Waals surface area contributed by atoms with Crippen molar-refractivity contribution in [2.24, 2.45) is 0 Å². The Kier molecular flexibility index (Phi) is 5.30. The van der Waals surface area contributed by atoms with E-state index in [9.17, 15) is 4.79 Å². The lowest BCUT2D eigenvalue weighted by Gasteiger charge is -2.17. The minimum absolute atomic E-state index is 0.286. The molecule has 3 aromatic heterocycles. The number of carbonyl (C=O) groups excluding carboxylic acids is 1. The van der Waals surface area contributed by atoms with Gasteiger partial charge in [0.15, 0.2) is 11.5 Å². The molecule has 2 N–H and O–H groups in total. The van der Waals surface area contributed by atoms with Crippen molar-refractivity contribution in [2.45, 2.75) is 6.92 Å². The van der Waals surface area contributed by atoms with Crippen molar-refractivity contribution in [1.82, 2.24) is 19.5 Å². The van der Waals surface area contributed by atoms with E-state index in [1.54, 1.807) is 6.20 Å². The molecule has 0 atom stereocenters. The quantitative estimate of drug-likeness (QED) is 0.375. The third-order valence-corrected chi connectivity index (χ3v) is 4.87. The van der Waals surface area contributed by atoms with Crippen molar-refractivity contribution >= 4 is 29.3 Å². The lowest BCUT2D eigenvalue weighted by atomic mass is 10.2. The van der Waals surface area contributed by atoms with E-state index >= 15 is 0 Å². The molecule has 3 heterocycles. The average molecular weight is 402 g/mol. The Morgan fingerprint density at radius 2 is 1.93 bits per heavy atom. The minimum atomic E-state index is 0.286. The second-order valence-electron chi connectivity index (χ2n) is 6.94. The Hall–Kier alpha value is -3.94. The topological polar surface area (TPSA) is 99.2 Å². The van der Waals surface area contributed by atoms with Gasteiger partial charge in [-0.1, -0.05) is 17.7 Å². The Morgan fingerprint density at radius 1 is 1.13 bits per heavy atom. The van der Waals surface area contributed by atoms with Crippen molar-refractivity contribution in [3.05, 3.63) is 60.3 Å². The molecule has 0 aliphatic heterocycles. The molecule has 0 aliphatic rings. The average Bonchev–Trinajstić information content (AvgIpc) is 3.13. The number of imidazole rings is 1. The number of rotatable bonds is 7. The summed E-state index contributed by atoms with van der Waals surface area (Å²) in [6.07, 6.45) is 1.66. The Bertz CT molecular complexity index is 1190. The van der Waals surface area contributed by atoms with Crippen LogP contribution in [0.1, 0.15) is 5.56 Å². The number of nitrogens with two attached hydrogens (primary N) is 1. The molecule has 0 spiro atoms. The fourth-order valence-electron chi connectivity index (χ4n) is 3.24. The van der Waals surface area contributed by atoms with E-state index in [0.29, 0.717) is 30.3 Å². The van der Waals surface area contributed by atoms with Crippen molar-refractivity contribution in [3.63, 3.8) is 0 Å². The summed E-state index contributed by atoms with van der Waals surface area (Å²) in [5.74, 6) is 1.83. The van der Waals surface area contributed by atoms with Gasteiger partial charge in [0.05, 0.1) is 12.1 Å². The van der Waals surface area contributed by atoms with Crippen LogP contribution in [0.15, 0.2) is 54.7 Å². The summed E-state index contributed by atoms with van der Waals surface area (Å²) < 4.78 is 6.79. The summed E-state index contributed by atoms with van der Waals surface area (Å²) in [4.78, 5) is 26.2. The van der Waals surface area contributed by atoms with Gasteiger partial charge in [0.1, 0.15) is 23.8 Å². The van der Waals surface area contributed by atoms with Gasteiger partial charge in [0.25, 0.3) is 6.47 Å². The van der Waals surface area contributed by atoms with E-state index < -0.39 is 0 Å². The van der Waals surface area contributed by atoms with E-state index in [-0.39, 0.29) is 6.61 Å². The van der Waals surface area contributed by atoms with E-state index in [1.165, 1.54) is 0 Å². The second-order valence-corrected chi connectivity index (χ2v) is 6.94. The number of hydrogen-bond acceptors (Lipinski definition) is 7. The summed E-state index contributed by atoms with van der Waals surface area (Å²) in [6, 6.07) is 15.7. The second kappa shape index (κ2) is 8.20. The van der Waals surface area contributed by atoms with Crippen LogP contribution in [-0.4, -0.2) is 46.2 Å². The smallest absolute Gasteiger partial charge is 0.293 e. The first-order chi connectivity index (χ1) is 14.6. The number of carbonyl (C=O) groups is 1. The van der Waals surface area contributed by atoms with E-state index in [1.807, 2.05) is 72.0 Å². The van der Waals surface area contributed by atoms with Crippen LogP contribution in [0.5, 0.6) is 0 Å². The third-order valence-electron chi connectivity index (χ3n) is 4.87.